The lowest BCUT2D eigenvalue weighted by Crippen LogP contribution is -2.44. The van der Waals surface area contributed by atoms with Gasteiger partial charge >= 0.3 is 12.2 Å². The molecular formula is C30H34BrFN6O6. The van der Waals surface area contributed by atoms with Crippen LogP contribution in [0.3, 0.4) is 0 Å². The predicted octanol–water partition coefficient (Wildman–Crippen LogP) is 6.33. The fraction of sp³-hybridized carbons (Fsp3) is 0.400. The maximum Gasteiger partial charge on any atom is 0.425 e. The van der Waals surface area contributed by atoms with Crippen molar-refractivity contribution in [3.63, 3.8) is 0 Å². The van der Waals surface area contributed by atoms with Crippen LogP contribution in [0.1, 0.15) is 81.9 Å². The van der Waals surface area contributed by atoms with E-state index in [0.717, 1.165) is 12.1 Å². The molecule has 1 N–H and O–H groups in total. The molecule has 3 amide bonds. The molecule has 3 rings (SSSR count). The van der Waals surface area contributed by atoms with E-state index in [1.807, 2.05) is 6.07 Å². The predicted molar refractivity (Wildman–Crippen MR) is 161 cm³/mol. The average molecular weight is 674 g/mol. The average Bonchev–Trinajstić information content (AvgIpc) is 3.25. The Bertz CT molecular complexity index is 1580. The van der Waals surface area contributed by atoms with E-state index in [1.54, 1.807) is 61.6 Å². The topological polar surface area (TPSA) is 149 Å². The molecule has 0 unspecified atom stereocenters. The zero-order valence-electron chi connectivity index (χ0n) is 25.7. The second-order valence-corrected chi connectivity index (χ2v) is 12.6. The van der Waals surface area contributed by atoms with Gasteiger partial charge in [0.25, 0.3) is 5.91 Å². The molecular weight excluding hydrogens is 639 g/mol. The maximum atomic E-state index is 14.5. The van der Waals surface area contributed by atoms with E-state index in [0.29, 0.717) is 20.8 Å². The number of nitrogens with zero attached hydrogens (tertiary/aromatic N) is 5. The van der Waals surface area contributed by atoms with Gasteiger partial charge in [-0.15, -0.1) is 0 Å². The van der Waals surface area contributed by atoms with Crippen molar-refractivity contribution in [2.24, 2.45) is 7.05 Å². The van der Waals surface area contributed by atoms with E-state index < -0.39 is 41.2 Å². The SMILES string of the molecule is C[C@@H](Oc1cc(Br)cnc1N(C(=O)OC(C)(C)C)C(=O)OC(C)(C)C)c1cc(F)ccc1C(=O)NCc1cc(C#N)n(C)n1. The van der Waals surface area contributed by atoms with Gasteiger partial charge in [-0.3, -0.25) is 9.48 Å². The third kappa shape index (κ3) is 9.00. The second-order valence-electron chi connectivity index (χ2n) is 11.7. The van der Waals surface area contributed by atoms with Crippen molar-refractivity contribution in [2.45, 2.75) is 72.3 Å². The lowest BCUT2D eigenvalue weighted by atomic mass is 10.0. The number of nitriles is 1. The molecule has 3 aromatic rings. The summed E-state index contributed by atoms with van der Waals surface area (Å²) in [5, 5.41) is 16.1. The van der Waals surface area contributed by atoms with Crippen molar-refractivity contribution in [3.8, 4) is 11.8 Å². The fourth-order valence-electron chi connectivity index (χ4n) is 3.85. The summed E-state index contributed by atoms with van der Waals surface area (Å²) < 4.78 is 33.4. The van der Waals surface area contributed by atoms with Gasteiger partial charge < -0.3 is 19.5 Å². The molecule has 0 spiro atoms. The normalized spacial score (nSPS) is 12.1. The van der Waals surface area contributed by atoms with Gasteiger partial charge in [-0.1, -0.05) is 0 Å². The van der Waals surface area contributed by atoms with Crippen molar-refractivity contribution in [1.29, 1.82) is 5.26 Å². The number of halogens is 2. The number of nitrogens with one attached hydrogen (secondary N) is 1. The molecule has 0 saturated carbocycles. The Morgan fingerprint density at radius 3 is 2.25 bits per heavy atom. The number of hydrogen-bond donors (Lipinski definition) is 1. The van der Waals surface area contributed by atoms with Gasteiger partial charge in [-0.25, -0.2) is 19.0 Å². The summed E-state index contributed by atoms with van der Waals surface area (Å²) in [5.74, 6) is -1.46. The molecule has 1 aromatic carbocycles. The first-order valence-corrected chi connectivity index (χ1v) is 14.3. The highest BCUT2D eigenvalue weighted by Gasteiger charge is 2.36. The van der Waals surface area contributed by atoms with Crippen LogP contribution in [-0.2, 0) is 23.1 Å². The van der Waals surface area contributed by atoms with E-state index in [1.165, 1.54) is 23.0 Å². The summed E-state index contributed by atoms with van der Waals surface area (Å²) >= 11 is 3.32. The van der Waals surface area contributed by atoms with E-state index >= 15 is 0 Å². The van der Waals surface area contributed by atoms with Crippen LogP contribution >= 0.6 is 15.9 Å². The van der Waals surface area contributed by atoms with Gasteiger partial charge in [0, 0.05) is 28.8 Å². The highest BCUT2D eigenvalue weighted by Crippen LogP contribution is 2.35. The Balaban J connectivity index is 1.98. The van der Waals surface area contributed by atoms with E-state index in [2.05, 4.69) is 31.3 Å². The highest BCUT2D eigenvalue weighted by molar-refractivity contribution is 9.10. The Kier molecular flexibility index (Phi) is 10.4. The molecule has 0 saturated heterocycles. The van der Waals surface area contributed by atoms with Crippen molar-refractivity contribution < 1.29 is 33.0 Å². The second kappa shape index (κ2) is 13.4. The molecule has 2 aromatic heterocycles. The molecule has 2 heterocycles. The lowest BCUT2D eigenvalue weighted by Gasteiger charge is -2.29. The fourth-order valence-corrected chi connectivity index (χ4v) is 4.16. The molecule has 234 valence electrons. The van der Waals surface area contributed by atoms with Gasteiger partial charge in [0.15, 0.2) is 11.6 Å². The molecule has 12 nitrogen and oxygen atoms in total. The van der Waals surface area contributed by atoms with Crippen molar-refractivity contribution in [1.82, 2.24) is 20.1 Å². The summed E-state index contributed by atoms with van der Waals surface area (Å²) in [7, 11) is 1.61. The molecule has 0 aliphatic heterocycles. The monoisotopic (exact) mass is 672 g/mol. The van der Waals surface area contributed by atoms with Gasteiger partial charge in [0.05, 0.1) is 12.2 Å². The number of anilines is 1. The summed E-state index contributed by atoms with van der Waals surface area (Å²) in [6.07, 6.45) is -1.75. The summed E-state index contributed by atoms with van der Waals surface area (Å²) in [6, 6.07) is 8.61. The molecule has 14 heteroatoms. The zero-order chi connectivity index (χ0) is 33.0. The van der Waals surface area contributed by atoms with Crippen LogP contribution in [0.2, 0.25) is 0 Å². The van der Waals surface area contributed by atoms with Crippen LogP contribution in [0.5, 0.6) is 5.75 Å². The zero-order valence-corrected chi connectivity index (χ0v) is 27.3. The Morgan fingerprint density at radius 1 is 1.09 bits per heavy atom. The smallest absolute Gasteiger partial charge is 0.425 e. The minimum atomic E-state index is -1.06. The highest BCUT2D eigenvalue weighted by atomic mass is 79.9. The number of rotatable bonds is 7. The number of aromatic nitrogens is 3. The van der Waals surface area contributed by atoms with Crippen LogP contribution in [0, 0.1) is 17.1 Å². The maximum absolute atomic E-state index is 14.5. The van der Waals surface area contributed by atoms with E-state index in [-0.39, 0.29) is 29.2 Å². The first-order chi connectivity index (χ1) is 20.4. The van der Waals surface area contributed by atoms with Gasteiger partial charge in [-0.05, 0) is 94.7 Å². The van der Waals surface area contributed by atoms with Gasteiger partial charge in [0.2, 0.25) is 0 Å². The largest absolute Gasteiger partial charge is 0.482 e. The van der Waals surface area contributed by atoms with Crippen LogP contribution in [-0.4, -0.2) is 44.1 Å². The summed E-state index contributed by atoms with van der Waals surface area (Å²) in [6.45, 7) is 11.4. The quantitative estimate of drug-likeness (QED) is 0.304. The van der Waals surface area contributed by atoms with Crippen LogP contribution in [0.15, 0.2) is 41.0 Å². The molecule has 0 aliphatic rings. The summed E-state index contributed by atoms with van der Waals surface area (Å²) in [5.41, 5.74) is -0.861. The molecule has 44 heavy (non-hydrogen) atoms. The number of hydrogen-bond acceptors (Lipinski definition) is 9. The molecule has 0 bridgehead atoms. The van der Waals surface area contributed by atoms with Crippen LogP contribution in [0.4, 0.5) is 19.8 Å². The number of carbonyl (C=O) groups excluding carboxylic acids is 3. The molecule has 0 aliphatic carbocycles. The van der Waals surface area contributed by atoms with Crippen LogP contribution < -0.4 is 15.0 Å². The third-order valence-electron chi connectivity index (χ3n) is 5.64. The minimum Gasteiger partial charge on any atom is -0.482 e. The number of aryl methyl sites for hydroxylation is 1. The number of carbonyl (C=O) groups is 3. The Morgan fingerprint density at radius 2 is 1.70 bits per heavy atom. The van der Waals surface area contributed by atoms with E-state index in [9.17, 15) is 18.8 Å². The summed E-state index contributed by atoms with van der Waals surface area (Å²) in [4.78, 5) is 44.6. The first-order valence-electron chi connectivity index (χ1n) is 13.5. The number of pyridine rings is 1. The number of amides is 3. The van der Waals surface area contributed by atoms with Crippen LogP contribution in [0.25, 0.3) is 0 Å². The van der Waals surface area contributed by atoms with Crippen molar-refractivity contribution in [2.75, 3.05) is 4.90 Å². The van der Waals surface area contributed by atoms with E-state index in [4.69, 9.17) is 19.5 Å². The lowest BCUT2D eigenvalue weighted by molar-refractivity contribution is 0.0426. The number of benzene rings is 1. The number of imide groups is 1. The molecule has 1 atom stereocenters. The first kappa shape index (κ1) is 34.0. The molecule has 0 fully saturated rings. The van der Waals surface area contributed by atoms with Gasteiger partial charge in [0.1, 0.15) is 34.9 Å². The van der Waals surface area contributed by atoms with Gasteiger partial charge in [-0.2, -0.15) is 15.3 Å². The van der Waals surface area contributed by atoms with Crippen molar-refractivity contribution in [3.05, 3.63) is 69.3 Å². The Hall–Kier alpha value is -4.51. The standard InChI is InChI=1S/C30H34BrFN6O6/c1-17(23-12-19(32)9-10-22(23)26(39)35-16-20-13-21(14-33)37(8)36-20)42-24-11-18(31)15-34-25(24)38(27(40)43-29(2,3)4)28(41)44-30(5,6)7/h9-13,15,17H,16H2,1-8H3,(H,35,39)/t17-/m1/s1. The molecule has 0 radical (unpaired) electrons. The Labute approximate surface area is 263 Å². The third-order valence-corrected chi connectivity index (χ3v) is 6.07. The minimum absolute atomic E-state index is 0.0147. The number of ether oxygens (including phenoxy) is 3. The van der Waals surface area contributed by atoms with Crippen molar-refractivity contribution >= 4 is 39.8 Å².